The third-order valence-corrected chi connectivity index (χ3v) is 6.40. The van der Waals surface area contributed by atoms with Crippen LogP contribution >= 0.6 is 11.8 Å². The van der Waals surface area contributed by atoms with Crippen molar-refractivity contribution in [1.82, 2.24) is 0 Å². The molecule has 0 aromatic heterocycles. The first-order valence-corrected chi connectivity index (χ1v) is 10.3. The smallest absolute Gasteiger partial charge is 0.0411 e. The molecule has 132 valence electrons. The molecule has 2 aromatic carbocycles. The summed E-state index contributed by atoms with van der Waals surface area (Å²) in [7, 11) is 0. The molecule has 3 atom stereocenters. The van der Waals surface area contributed by atoms with Gasteiger partial charge in [0.25, 0.3) is 0 Å². The zero-order chi connectivity index (χ0) is 17.8. The minimum absolute atomic E-state index is 0.522. The number of hydrogen-bond acceptors (Lipinski definition) is 2. The molecule has 0 bridgehead atoms. The lowest BCUT2D eigenvalue weighted by atomic mass is 9.87. The number of hydrogen-bond donors (Lipinski definition) is 0. The zero-order valence-corrected chi connectivity index (χ0v) is 16.0. The minimum Gasteiger partial charge on any atom is -0.364 e. The SMILES string of the molecule is C/C=C\C=C/CN1c2ccccc2C2C=CC(Sc3ccccc3)CC21. The lowest BCUT2D eigenvalue weighted by Gasteiger charge is -2.33. The molecule has 2 heteroatoms. The third kappa shape index (κ3) is 3.52. The van der Waals surface area contributed by atoms with Crippen molar-refractivity contribution in [2.45, 2.75) is 35.4 Å². The van der Waals surface area contributed by atoms with Crippen molar-refractivity contribution in [2.75, 3.05) is 11.4 Å². The normalized spacial score (nSPS) is 24.3. The number of anilines is 1. The third-order valence-electron chi connectivity index (χ3n) is 5.20. The van der Waals surface area contributed by atoms with Gasteiger partial charge in [0, 0.05) is 34.3 Å². The largest absolute Gasteiger partial charge is 0.364 e. The van der Waals surface area contributed by atoms with Crippen LogP contribution in [0.4, 0.5) is 5.69 Å². The number of allylic oxidation sites excluding steroid dienone is 3. The lowest BCUT2D eigenvalue weighted by Crippen LogP contribution is -2.37. The summed E-state index contributed by atoms with van der Waals surface area (Å²) >= 11 is 1.98. The Bertz CT molecular complexity index is 821. The van der Waals surface area contributed by atoms with E-state index in [4.69, 9.17) is 0 Å². The van der Waals surface area contributed by atoms with Gasteiger partial charge in [-0.2, -0.15) is 0 Å². The lowest BCUT2D eigenvalue weighted by molar-refractivity contribution is 0.546. The summed E-state index contributed by atoms with van der Waals surface area (Å²) in [6, 6.07) is 20.2. The molecule has 0 saturated carbocycles. The monoisotopic (exact) mass is 359 g/mol. The second-order valence-electron chi connectivity index (χ2n) is 6.85. The van der Waals surface area contributed by atoms with Gasteiger partial charge >= 0.3 is 0 Å². The average molecular weight is 360 g/mol. The van der Waals surface area contributed by atoms with Gasteiger partial charge in [0.1, 0.15) is 0 Å². The Kier molecular flexibility index (Phi) is 5.31. The molecule has 3 unspecified atom stereocenters. The fraction of sp³-hybridized carbons (Fsp3) is 0.250. The van der Waals surface area contributed by atoms with Crippen LogP contribution in [0, 0.1) is 0 Å². The van der Waals surface area contributed by atoms with Crippen LogP contribution in [0.1, 0.15) is 24.8 Å². The molecule has 1 heterocycles. The Balaban J connectivity index is 1.56. The van der Waals surface area contributed by atoms with E-state index in [0.717, 1.165) is 6.54 Å². The van der Waals surface area contributed by atoms with Crippen LogP contribution in [-0.2, 0) is 0 Å². The van der Waals surface area contributed by atoms with Gasteiger partial charge in [-0.3, -0.25) is 0 Å². The Morgan fingerprint density at radius 2 is 1.81 bits per heavy atom. The van der Waals surface area contributed by atoms with Crippen LogP contribution in [0.2, 0.25) is 0 Å². The van der Waals surface area contributed by atoms with Crippen LogP contribution < -0.4 is 4.90 Å². The molecule has 4 rings (SSSR count). The molecule has 0 amide bonds. The van der Waals surface area contributed by atoms with Crippen molar-refractivity contribution in [3.63, 3.8) is 0 Å². The number of rotatable bonds is 5. The number of para-hydroxylation sites is 1. The second kappa shape index (κ2) is 8.01. The quantitative estimate of drug-likeness (QED) is 0.461. The molecular formula is C24H25NS. The molecule has 1 nitrogen and oxygen atoms in total. The highest BCUT2D eigenvalue weighted by Crippen LogP contribution is 2.47. The summed E-state index contributed by atoms with van der Waals surface area (Å²) in [6.45, 7) is 3.03. The Morgan fingerprint density at radius 1 is 1.00 bits per heavy atom. The van der Waals surface area contributed by atoms with E-state index in [-0.39, 0.29) is 0 Å². The Hall–Kier alpha value is -2.19. The fourth-order valence-electron chi connectivity index (χ4n) is 4.04. The molecule has 0 saturated heterocycles. The van der Waals surface area contributed by atoms with Crippen molar-refractivity contribution >= 4 is 17.4 Å². The molecular weight excluding hydrogens is 334 g/mol. The highest BCUT2D eigenvalue weighted by atomic mass is 32.2. The van der Waals surface area contributed by atoms with Crippen molar-refractivity contribution in [1.29, 1.82) is 0 Å². The molecule has 0 N–H and O–H groups in total. The summed E-state index contributed by atoms with van der Waals surface area (Å²) < 4.78 is 0. The summed E-state index contributed by atoms with van der Waals surface area (Å²) in [4.78, 5) is 3.96. The van der Waals surface area contributed by atoms with Gasteiger partial charge in [-0.25, -0.2) is 0 Å². The van der Waals surface area contributed by atoms with Gasteiger partial charge < -0.3 is 4.90 Å². The predicted octanol–water partition coefficient (Wildman–Crippen LogP) is 6.21. The first kappa shape index (κ1) is 17.2. The first-order chi connectivity index (χ1) is 12.9. The van der Waals surface area contributed by atoms with E-state index in [2.05, 4.69) is 103 Å². The van der Waals surface area contributed by atoms with Crippen molar-refractivity contribution in [3.8, 4) is 0 Å². The van der Waals surface area contributed by atoms with Crippen LogP contribution in [0.3, 0.4) is 0 Å². The van der Waals surface area contributed by atoms with Gasteiger partial charge in [-0.1, -0.05) is 72.9 Å². The van der Waals surface area contributed by atoms with Crippen LogP contribution in [0.25, 0.3) is 0 Å². The van der Waals surface area contributed by atoms with Gasteiger partial charge in [0.05, 0.1) is 0 Å². The Morgan fingerprint density at radius 3 is 2.65 bits per heavy atom. The maximum Gasteiger partial charge on any atom is 0.0411 e. The molecule has 0 radical (unpaired) electrons. The van der Waals surface area contributed by atoms with Crippen molar-refractivity contribution in [3.05, 3.63) is 96.6 Å². The van der Waals surface area contributed by atoms with E-state index in [1.54, 1.807) is 0 Å². The molecule has 1 aliphatic carbocycles. The molecule has 0 fully saturated rings. The first-order valence-electron chi connectivity index (χ1n) is 9.40. The fourth-order valence-corrected chi connectivity index (χ4v) is 5.16. The minimum atomic E-state index is 0.522. The molecule has 1 aliphatic heterocycles. The van der Waals surface area contributed by atoms with Gasteiger partial charge in [-0.15, -0.1) is 11.8 Å². The van der Waals surface area contributed by atoms with Gasteiger partial charge in [0.15, 0.2) is 0 Å². The van der Waals surface area contributed by atoms with Crippen LogP contribution in [-0.4, -0.2) is 17.8 Å². The second-order valence-corrected chi connectivity index (χ2v) is 8.16. The van der Waals surface area contributed by atoms with E-state index < -0.39 is 0 Å². The van der Waals surface area contributed by atoms with Gasteiger partial charge in [-0.05, 0) is 37.1 Å². The highest BCUT2D eigenvalue weighted by molar-refractivity contribution is 8.00. The maximum atomic E-state index is 2.60. The predicted molar refractivity (Wildman–Crippen MR) is 114 cm³/mol. The van der Waals surface area contributed by atoms with Gasteiger partial charge in [0.2, 0.25) is 0 Å². The van der Waals surface area contributed by atoms with E-state index in [1.165, 1.54) is 22.6 Å². The van der Waals surface area contributed by atoms with Crippen LogP contribution in [0.5, 0.6) is 0 Å². The number of benzene rings is 2. The number of thioether (sulfide) groups is 1. The molecule has 2 aromatic rings. The number of nitrogens with zero attached hydrogens (tertiary/aromatic N) is 1. The topological polar surface area (TPSA) is 3.24 Å². The van der Waals surface area contributed by atoms with E-state index in [1.807, 2.05) is 11.8 Å². The van der Waals surface area contributed by atoms with E-state index in [9.17, 15) is 0 Å². The zero-order valence-electron chi connectivity index (χ0n) is 15.2. The number of fused-ring (bicyclic) bond motifs is 3. The summed E-state index contributed by atoms with van der Waals surface area (Å²) in [5.41, 5.74) is 2.89. The highest BCUT2D eigenvalue weighted by Gasteiger charge is 2.39. The molecule has 2 aliphatic rings. The average Bonchev–Trinajstić information content (AvgIpc) is 2.99. The molecule has 0 spiro atoms. The van der Waals surface area contributed by atoms with E-state index in [0.29, 0.717) is 17.2 Å². The Labute approximate surface area is 161 Å². The van der Waals surface area contributed by atoms with Crippen LogP contribution in [0.15, 0.2) is 95.9 Å². The molecule has 26 heavy (non-hydrogen) atoms. The maximum absolute atomic E-state index is 2.60. The standard InChI is InChI=1S/C24H25NS/c1-2-3-4-10-17-25-23-14-9-8-13-21(23)22-16-15-20(18-24(22)25)26-19-11-6-5-7-12-19/h2-16,20,22,24H,17-18H2,1H3/b3-2-,10-4-. The summed E-state index contributed by atoms with van der Waals surface area (Å²) in [5.74, 6) is 0.522. The van der Waals surface area contributed by atoms with Crippen molar-refractivity contribution < 1.29 is 0 Å². The van der Waals surface area contributed by atoms with Crippen molar-refractivity contribution in [2.24, 2.45) is 0 Å². The van der Waals surface area contributed by atoms with E-state index >= 15 is 0 Å². The summed E-state index contributed by atoms with van der Waals surface area (Å²) in [6.07, 6.45) is 14.7. The summed E-state index contributed by atoms with van der Waals surface area (Å²) in [5, 5.41) is 0.537.